The molecule has 5 heteroatoms. The Morgan fingerprint density at radius 2 is 1.80 bits per heavy atom. The molecule has 0 fully saturated rings. The zero-order chi connectivity index (χ0) is 15.1. The molecular formula is C15H21NO3S. The molecule has 0 aliphatic rings. The Labute approximate surface area is 124 Å². The van der Waals surface area contributed by atoms with E-state index in [1.807, 2.05) is 31.2 Å². The van der Waals surface area contributed by atoms with E-state index in [0.29, 0.717) is 5.92 Å². The summed E-state index contributed by atoms with van der Waals surface area (Å²) in [4.78, 5) is 22.3. The fourth-order valence-corrected chi connectivity index (χ4v) is 2.44. The lowest BCUT2D eigenvalue weighted by Crippen LogP contribution is -2.16. The molecule has 0 bridgehead atoms. The lowest BCUT2D eigenvalue weighted by Gasteiger charge is -2.10. The van der Waals surface area contributed by atoms with Crippen LogP contribution in [0.4, 0.5) is 5.69 Å². The van der Waals surface area contributed by atoms with E-state index in [9.17, 15) is 9.59 Å². The Bertz CT molecular complexity index is 457. The second-order valence-electron chi connectivity index (χ2n) is 5.04. The predicted octanol–water partition coefficient (Wildman–Crippen LogP) is 3.34. The average Bonchev–Trinajstić information content (AvgIpc) is 2.36. The Balaban J connectivity index is 2.40. The maximum Gasteiger partial charge on any atom is 0.304 e. The Morgan fingerprint density at radius 3 is 2.30 bits per heavy atom. The highest BCUT2D eigenvalue weighted by atomic mass is 32.2. The molecule has 4 nitrogen and oxygen atoms in total. The van der Waals surface area contributed by atoms with Gasteiger partial charge in [0.15, 0.2) is 0 Å². The maximum atomic E-state index is 11.7. The number of anilines is 1. The number of nitrogens with one attached hydrogen (secondary N) is 1. The first-order valence-corrected chi connectivity index (χ1v) is 7.66. The van der Waals surface area contributed by atoms with Crippen molar-refractivity contribution in [3.05, 3.63) is 29.8 Å². The molecule has 0 aromatic heterocycles. The van der Waals surface area contributed by atoms with Crippen molar-refractivity contribution in [2.75, 3.05) is 11.1 Å². The zero-order valence-corrected chi connectivity index (χ0v) is 12.9. The first kappa shape index (κ1) is 16.6. The highest BCUT2D eigenvalue weighted by Crippen LogP contribution is 2.18. The average molecular weight is 295 g/mol. The molecule has 1 rings (SSSR count). The molecular weight excluding hydrogens is 274 g/mol. The molecule has 1 atom stereocenters. The van der Waals surface area contributed by atoms with Crippen molar-refractivity contribution in [2.45, 2.75) is 38.4 Å². The number of hydrogen-bond donors (Lipinski definition) is 2. The molecule has 110 valence electrons. The van der Waals surface area contributed by atoms with Gasteiger partial charge in [0.1, 0.15) is 0 Å². The largest absolute Gasteiger partial charge is 0.481 e. The molecule has 0 spiro atoms. The van der Waals surface area contributed by atoms with Gasteiger partial charge in [-0.2, -0.15) is 0 Å². The van der Waals surface area contributed by atoms with Crippen LogP contribution in [0.15, 0.2) is 24.3 Å². The minimum absolute atomic E-state index is 0.0680. The van der Waals surface area contributed by atoms with Crippen molar-refractivity contribution in [3.63, 3.8) is 0 Å². The number of benzene rings is 1. The summed E-state index contributed by atoms with van der Waals surface area (Å²) in [5.41, 5.74) is 2.00. The summed E-state index contributed by atoms with van der Waals surface area (Å²) >= 11 is 1.35. The topological polar surface area (TPSA) is 66.4 Å². The molecule has 1 aromatic carbocycles. The third-order valence-corrected chi connectivity index (χ3v) is 3.99. The van der Waals surface area contributed by atoms with Gasteiger partial charge in [0.2, 0.25) is 5.91 Å². The molecule has 0 saturated carbocycles. The number of thioether (sulfide) groups is 1. The van der Waals surface area contributed by atoms with Crippen molar-refractivity contribution in [2.24, 2.45) is 0 Å². The number of amides is 1. The quantitative estimate of drug-likeness (QED) is 0.809. The van der Waals surface area contributed by atoms with E-state index < -0.39 is 5.97 Å². The molecule has 0 radical (unpaired) electrons. The van der Waals surface area contributed by atoms with Crippen LogP contribution in [-0.2, 0) is 9.59 Å². The van der Waals surface area contributed by atoms with Gasteiger partial charge in [0.25, 0.3) is 0 Å². The minimum atomic E-state index is -0.838. The van der Waals surface area contributed by atoms with E-state index in [-0.39, 0.29) is 23.3 Å². The Morgan fingerprint density at radius 1 is 1.20 bits per heavy atom. The standard InChI is InChI=1S/C15H21NO3S/c1-10(2)12-4-6-13(7-5-12)16-14(17)9-20-11(3)8-15(18)19/h4-7,10-11H,8-9H2,1-3H3,(H,16,17)(H,18,19). The maximum absolute atomic E-state index is 11.7. The molecule has 0 saturated heterocycles. The summed E-state index contributed by atoms with van der Waals surface area (Å²) in [5, 5.41) is 11.4. The van der Waals surface area contributed by atoms with Crippen LogP contribution in [0.25, 0.3) is 0 Å². The van der Waals surface area contributed by atoms with E-state index in [1.165, 1.54) is 17.3 Å². The van der Waals surface area contributed by atoms with Crippen LogP contribution in [0.1, 0.15) is 38.7 Å². The summed E-state index contributed by atoms with van der Waals surface area (Å²) < 4.78 is 0. The van der Waals surface area contributed by atoms with Crippen molar-refractivity contribution < 1.29 is 14.7 Å². The van der Waals surface area contributed by atoms with Crippen LogP contribution in [0, 0.1) is 0 Å². The lowest BCUT2D eigenvalue weighted by molar-refractivity contribution is -0.136. The van der Waals surface area contributed by atoms with Crippen LogP contribution in [-0.4, -0.2) is 28.0 Å². The highest BCUT2D eigenvalue weighted by Gasteiger charge is 2.11. The summed E-state index contributed by atoms with van der Waals surface area (Å²) in [7, 11) is 0. The van der Waals surface area contributed by atoms with E-state index in [0.717, 1.165) is 5.69 Å². The van der Waals surface area contributed by atoms with Crippen molar-refractivity contribution >= 4 is 29.3 Å². The van der Waals surface area contributed by atoms with Crippen LogP contribution in [0.5, 0.6) is 0 Å². The highest BCUT2D eigenvalue weighted by molar-refractivity contribution is 8.00. The first-order valence-electron chi connectivity index (χ1n) is 6.61. The second kappa shape index (κ2) is 7.94. The number of carboxylic acids is 1. The smallest absolute Gasteiger partial charge is 0.304 e. The van der Waals surface area contributed by atoms with E-state index in [4.69, 9.17) is 5.11 Å². The van der Waals surface area contributed by atoms with Crippen LogP contribution in [0.2, 0.25) is 0 Å². The summed E-state index contributed by atoms with van der Waals surface area (Å²) in [6.07, 6.45) is 0.0705. The molecule has 0 heterocycles. The SMILES string of the molecule is CC(CC(=O)O)SCC(=O)Nc1ccc(C(C)C)cc1. The van der Waals surface area contributed by atoms with Gasteiger partial charge >= 0.3 is 5.97 Å². The Hall–Kier alpha value is -1.49. The van der Waals surface area contributed by atoms with Gasteiger partial charge in [0.05, 0.1) is 12.2 Å². The molecule has 1 aromatic rings. The number of carbonyl (C=O) groups is 2. The first-order chi connectivity index (χ1) is 9.38. The lowest BCUT2D eigenvalue weighted by atomic mass is 10.0. The van der Waals surface area contributed by atoms with Gasteiger partial charge in [-0.1, -0.05) is 32.9 Å². The van der Waals surface area contributed by atoms with E-state index in [1.54, 1.807) is 0 Å². The van der Waals surface area contributed by atoms with Gasteiger partial charge < -0.3 is 10.4 Å². The Kier molecular flexibility index (Phi) is 6.58. The molecule has 0 aliphatic heterocycles. The number of carboxylic acid groups (broad SMARTS) is 1. The zero-order valence-electron chi connectivity index (χ0n) is 12.1. The van der Waals surface area contributed by atoms with Crippen molar-refractivity contribution in [3.8, 4) is 0 Å². The van der Waals surface area contributed by atoms with Gasteiger partial charge in [-0.15, -0.1) is 11.8 Å². The molecule has 1 amide bonds. The number of carbonyl (C=O) groups excluding carboxylic acids is 1. The van der Waals surface area contributed by atoms with Gasteiger partial charge in [-0.25, -0.2) is 0 Å². The fourth-order valence-electron chi connectivity index (χ4n) is 1.67. The predicted molar refractivity (Wildman–Crippen MR) is 83.3 cm³/mol. The van der Waals surface area contributed by atoms with Gasteiger partial charge in [0, 0.05) is 10.9 Å². The minimum Gasteiger partial charge on any atom is -0.481 e. The number of rotatable bonds is 7. The molecule has 20 heavy (non-hydrogen) atoms. The van der Waals surface area contributed by atoms with E-state index >= 15 is 0 Å². The number of hydrogen-bond acceptors (Lipinski definition) is 3. The molecule has 1 unspecified atom stereocenters. The summed E-state index contributed by atoms with van der Waals surface area (Å²) in [6, 6.07) is 7.78. The van der Waals surface area contributed by atoms with Crippen LogP contribution >= 0.6 is 11.8 Å². The molecule has 0 aliphatic carbocycles. The third kappa shape index (κ3) is 6.10. The van der Waals surface area contributed by atoms with Gasteiger partial charge in [-0.3, -0.25) is 9.59 Å². The summed E-state index contributed by atoms with van der Waals surface area (Å²) in [5.74, 6) is -0.216. The normalized spacial score (nSPS) is 12.2. The number of aliphatic carboxylic acids is 1. The van der Waals surface area contributed by atoms with Gasteiger partial charge in [-0.05, 0) is 23.6 Å². The van der Waals surface area contributed by atoms with E-state index in [2.05, 4.69) is 19.2 Å². The second-order valence-corrected chi connectivity index (χ2v) is 6.47. The summed E-state index contributed by atoms with van der Waals surface area (Å²) in [6.45, 7) is 6.05. The van der Waals surface area contributed by atoms with Crippen molar-refractivity contribution in [1.29, 1.82) is 0 Å². The third-order valence-electron chi connectivity index (χ3n) is 2.82. The monoisotopic (exact) mass is 295 g/mol. The molecule has 2 N–H and O–H groups in total. The van der Waals surface area contributed by atoms with Crippen molar-refractivity contribution in [1.82, 2.24) is 0 Å². The van der Waals surface area contributed by atoms with Crippen LogP contribution in [0.3, 0.4) is 0 Å². The fraction of sp³-hybridized carbons (Fsp3) is 0.467. The van der Waals surface area contributed by atoms with Crippen LogP contribution < -0.4 is 5.32 Å².